The molecule has 6 heteroatoms. The van der Waals surface area contributed by atoms with E-state index in [4.69, 9.17) is 16.3 Å². The fourth-order valence-corrected chi connectivity index (χ4v) is 2.09. The smallest absolute Gasteiger partial charge is 0.227 e. The molecule has 0 bridgehead atoms. The van der Waals surface area contributed by atoms with Crippen LogP contribution in [0.4, 0.5) is 5.69 Å². The van der Waals surface area contributed by atoms with E-state index in [-0.39, 0.29) is 12.3 Å². The van der Waals surface area contributed by atoms with E-state index in [0.29, 0.717) is 27.8 Å². The molecule has 0 saturated heterocycles. The van der Waals surface area contributed by atoms with Crippen molar-refractivity contribution in [3.8, 4) is 5.88 Å². The SMILES string of the molecule is COc1ccc(NC(=O)CC(O)c2ccc(Cl)cc2)c(C)n1. The van der Waals surface area contributed by atoms with Crippen LogP contribution in [0.5, 0.6) is 5.88 Å². The first-order valence-electron chi connectivity index (χ1n) is 6.74. The number of aliphatic hydroxyl groups excluding tert-OH is 1. The van der Waals surface area contributed by atoms with E-state index in [1.165, 1.54) is 7.11 Å². The highest BCUT2D eigenvalue weighted by Gasteiger charge is 2.14. The zero-order chi connectivity index (χ0) is 16.1. The number of carbonyl (C=O) groups is 1. The number of rotatable bonds is 5. The molecule has 2 N–H and O–H groups in total. The molecular formula is C16H17ClN2O3. The number of amides is 1. The number of nitrogens with zero attached hydrogens (tertiary/aromatic N) is 1. The first-order valence-corrected chi connectivity index (χ1v) is 7.12. The van der Waals surface area contributed by atoms with Crippen LogP contribution in [-0.2, 0) is 4.79 Å². The van der Waals surface area contributed by atoms with Crippen molar-refractivity contribution >= 4 is 23.2 Å². The zero-order valence-corrected chi connectivity index (χ0v) is 13.1. The largest absolute Gasteiger partial charge is 0.481 e. The summed E-state index contributed by atoms with van der Waals surface area (Å²) in [5.41, 5.74) is 1.88. The van der Waals surface area contributed by atoms with Gasteiger partial charge in [-0.1, -0.05) is 23.7 Å². The molecule has 1 aromatic heterocycles. The van der Waals surface area contributed by atoms with Gasteiger partial charge in [-0.2, -0.15) is 0 Å². The molecule has 0 fully saturated rings. The Kier molecular flexibility index (Phi) is 5.35. The van der Waals surface area contributed by atoms with Gasteiger partial charge in [0.15, 0.2) is 0 Å². The van der Waals surface area contributed by atoms with E-state index in [0.717, 1.165) is 0 Å². The Morgan fingerprint density at radius 2 is 2.00 bits per heavy atom. The Hall–Kier alpha value is -2.11. The van der Waals surface area contributed by atoms with E-state index in [1.54, 1.807) is 43.3 Å². The summed E-state index contributed by atoms with van der Waals surface area (Å²) in [6.07, 6.45) is -0.934. The number of carbonyl (C=O) groups excluding carboxylic acids is 1. The maximum absolute atomic E-state index is 12.0. The minimum Gasteiger partial charge on any atom is -0.481 e. The quantitative estimate of drug-likeness (QED) is 0.888. The van der Waals surface area contributed by atoms with Gasteiger partial charge in [-0.15, -0.1) is 0 Å². The van der Waals surface area contributed by atoms with Crippen LogP contribution < -0.4 is 10.1 Å². The molecule has 0 aliphatic rings. The maximum Gasteiger partial charge on any atom is 0.227 e. The second kappa shape index (κ2) is 7.24. The standard InChI is InChI=1S/C16H17ClN2O3/c1-10-13(7-8-16(18-10)22-2)19-15(21)9-14(20)11-3-5-12(17)6-4-11/h3-8,14,20H,9H2,1-2H3,(H,19,21). The molecule has 5 nitrogen and oxygen atoms in total. The van der Waals surface area contributed by atoms with E-state index in [1.807, 2.05) is 0 Å². The highest BCUT2D eigenvalue weighted by atomic mass is 35.5. The molecule has 0 aliphatic carbocycles. The number of pyridine rings is 1. The second-order valence-corrected chi connectivity index (χ2v) is 5.24. The molecular weight excluding hydrogens is 304 g/mol. The number of aryl methyl sites for hydroxylation is 1. The number of halogens is 1. The number of anilines is 1. The van der Waals surface area contributed by atoms with Gasteiger partial charge in [-0.05, 0) is 30.7 Å². The molecule has 1 aromatic carbocycles. The molecule has 0 aliphatic heterocycles. The zero-order valence-electron chi connectivity index (χ0n) is 12.3. The minimum atomic E-state index is -0.885. The van der Waals surface area contributed by atoms with Gasteiger partial charge in [0.1, 0.15) is 0 Å². The molecule has 1 unspecified atom stereocenters. The number of hydrogen-bond acceptors (Lipinski definition) is 4. The lowest BCUT2D eigenvalue weighted by atomic mass is 10.1. The molecule has 1 amide bonds. The van der Waals surface area contributed by atoms with E-state index >= 15 is 0 Å². The molecule has 1 atom stereocenters. The molecule has 0 radical (unpaired) electrons. The van der Waals surface area contributed by atoms with Crippen LogP contribution in [0.3, 0.4) is 0 Å². The summed E-state index contributed by atoms with van der Waals surface area (Å²) in [5.74, 6) is 0.189. The van der Waals surface area contributed by atoms with Crippen LogP contribution in [0.1, 0.15) is 23.8 Å². The van der Waals surface area contributed by atoms with Crippen molar-refractivity contribution in [3.63, 3.8) is 0 Å². The van der Waals surface area contributed by atoms with Crippen LogP contribution in [0.25, 0.3) is 0 Å². The second-order valence-electron chi connectivity index (χ2n) is 4.81. The lowest BCUT2D eigenvalue weighted by molar-refractivity contribution is -0.118. The predicted molar refractivity (Wildman–Crippen MR) is 85.2 cm³/mol. The Balaban J connectivity index is 1.99. The number of aliphatic hydroxyl groups is 1. The number of benzene rings is 1. The predicted octanol–water partition coefficient (Wildman–Crippen LogP) is 3.11. The lowest BCUT2D eigenvalue weighted by Gasteiger charge is -2.13. The number of ether oxygens (including phenoxy) is 1. The van der Waals surface area contributed by atoms with Gasteiger partial charge in [0.05, 0.1) is 31.0 Å². The van der Waals surface area contributed by atoms with Crippen molar-refractivity contribution in [2.75, 3.05) is 12.4 Å². The summed E-state index contributed by atoms with van der Waals surface area (Å²) in [6.45, 7) is 1.77. The van der Waals surface area contributed by atoms with Crippen molar-refractivity contribution in [2.45, 2.75) is 19.4 Å². The molecule has 116 valence electrons. The van der Waals surface area contributed by atoms with Crippen LogP contribution >= 0.6 is 11.6 Å². The average molecular weight is 321 g/mol. The summed E-state index contributed by atoms with van der Waals surface area (Å²) < 4.78 is 5.01. The molecule has 22 heavy (non-hydrogen) atoms. The van der Waals surface area contributed by atoms with Gasteiger partial charge in [-0.25, -0.2) is 4.98 Å². The fraction of sp³-hybridized carbons (Fsp3) is 0.250. The summed E-state index contributed by atoms with van der Waals surface area (Å²) in [7, 11) is 1.53. The molecule has 0 saturated carbocycles. The molecule has 1 heterocycles. The third-order valence-electron chi connectivity index (χ3n) is 3.18. The van der Waals surface area contributed by atoms with Crippen LogP contribution in [0.2, 0.25) is 5.02 Å². The number of aromatic nitrogens is 1. The lowest BCUT2D eigenvalue weighted by Crippen LogP contribution is -2.16. The van der Waals surface area contributed by atoms with Gasteiger partial charge in [-0.3, -0.25) is 4.79 Å². The summed E-state index contributed by atoms with van der Waals surface area (Å²) >= 11 is 5.79. The highest BCUT2D eigenvalue weighted by Crippen LogP contribution is 2.21. The fourth-order valence-electron chi connectivity index (χ4n) is 1.96. The van der Waals surface area contributed by atoms with Crippen LogP contribution in [-0.4, -0.2) is 23.1 Å². The van der Waals surface area contributed by atoms with Crippen molar-refractivity contribution in [2.24, 2.45) is 0 Å². The number of nitrogens with one attached hydrogen (secondary N) is 1. The topological polar surface area (TPSA) is 71.5 Å². The Bertz CT molecular complexity index is 659. The molecule has 0 spiro atoms. The average Bonchev–Trinajstić information content (AvgIpc) is 2.49. The van der Waals surface area contributed by atoms with Gasteiger partial charge in [0.25, 0.3) is 0 Å². The summed E-state index contributed by atoms with van der Waals surface area (Å²) in [5, 5.41) is 13.4. The summed E-state index contributed by atoms with van der Waals surface area (Å²) in [6, 6.07) is 10.1. The van der Waals surface area contributed by atoms with Gasteiger partial charge >= 0.3 is 0 Å². The van der Waals surface area contributed by atoms with Crippen LogP contribution in [0, 0.1) is 6.92 Å². The summed E-state index contributed by atoms with van der Waals surface area (Å²) in [4.78, 5) is 16.2. The number of hydrogen-bond donors (Lipinski definition) is 2. The monoisotopic (exact) mass is 320 g/mol. The van der Waals surface area contributed by atoms with Gasteiger partial charge < -0.3 is 15.2 Å². The number of methoxy groups -OCH3 is 1. The molecule has 2 aromatic rings. The van der Waals surface area contributed by atoms with Crippen LogP contribution in [0.15, 0.2) is 36.4 Å². The van der Waals surface area contributed by atoms with Crippen molar-refractivity contribution in [3.05, 3.63) is 52.7 Å². The maximum atomic E-state index is 12.0. The van der Waals surface area contributed by atoms with E-state index < -0.39 is 6.10 Å². The van der Waals surface area contributed by atoms with Crippen molar-refractivity contribution < 1.29 is 14.6 Å². The Morgan fingerprint density at radius 3 is 2.59 bits per heavy atom. The molecule has 2 rings (SSSR count). The highest BCUT2D eigenvalue weighted by molar-refractivity contribution is 6.30. The Labute approximate surface area is 133 Å². The normalized spacial score (nSPS) is 11.8. The van der Waals surface area contributed by atoms with E-state index in [9.17, 15) is 9.90 Å². The minimum absolute atomic E-state index is 0.0485. The van der Waals surface area contributed by atoms with E-state index in [2.05, 4.69) is 10.3 Å². The van der Waals surface area contributed by atoms with Gasteiger partial charge in [0.2, 0.25) is 11.8 Å². The third-order valence-corrected chi connectivity index (χ3v) is 3.43. The van der Waals surface area contributed by atoms with Crippen molar-refractivity contribution in [1.82, 2.24) is 4.98 Å². The first-order chi connectivity index (χ1) is 10.5. The Morgan fingerprint density at radius 1 is 1.32 bits per heavy atom. The first kappa shape index (κ1) is 16.3. The third kappa shape index (κ3) is 4.19. The van der Waals surface area contributed by atoms with Crippen molar-refractivity contribution in [1.29, 1.82) is 0 Å². The van der Waals surface area contributed by atoms with Gasteiger partial charge in [0, 0.05) is 11.1 Å².